The van der Waals surface area contributed by atoms with Crippen LogP contribution < -0.4 is 21.3 Å². The zero-order valence-corrected chi connectivity index (χ0v) is 21.6. The van der Waals surface area contributed by atoms with Crippen molar-refractivity contribution >= 4 is 58.7 Å². The van der Waals surface area contributed by atoms with Crippen LogP contribution in [0.3, 0.4) is 0 Å². The first-order valence-corrected chi connectivity index (χ1v) is 12.6. The Morgan fingerprint density at radius 2 is 0.976 bits per heavy atom. The molecule has 6 amide bonds. The van der Waals surface area contributed by atoms with Gasteiger partial charge in [-0.1, -0.05) is 12.1 Å². The van der Waals surface area contributed by atoms with Crippen LogP contribution in [0, 0.1) is 0 Å². The van der Waals surface area contributed by atoms with Crippen molar-refractivity contribution < 1.29 is 28.8 Å². The van der Waals surface area contributed by atoms with Gasteiger partial charge in [0.05, 0.1) is 27.9 Å². The molecule has 0 radical (unpaired) electrons. The number of hydrogen-bond donors (Lipinski definition) is 4. The first-order valence-electron chi connectivity index (χ1n) is 12.6. The molecule has 0 bridgehead atoms. The fourth-order valence-corrected chi connectivity index (χ4v) is 4.46. The molecule has 0 saturated carbocycles. The summed E-state index contributed by atoms with van der Waals surface area (Å²) in [6, 6.07) is 22.4. The van der Waals surface area contributed by atoms with Crippen molar-refractivity contribution in [1.82, 2.24) is 10.6 Å². The molecule has 0 unspecified atom stereocenters. The zero-order chi connectivity index (χ0) is 29.4. The Morgan fingerprint density at radius 3 is 1.45 bits per heavy atom. The van der Waals surface area contributed by atoms with E-state index in [2.05, 4.69) is 26.3 Å². The van der Waals surface area contributed by atoms with Gasteiger partial charge in [-0.3, -0.25) is 44.4 Å². The minimum Gasteiger partial charge on any atom is -0.322 e. The average molecular weight is 558 g/mol. The van der Waals surface area contributed by atoms with E-state index in [1.165, 1.54) is 36.4 Å². The van der Waals surface area contributed by atoms with Crippen LogP contribution in [-0.2, 0) is 0 Å². The minimum absolute atomic E-state index is 0.168. The molecule has 42 heavy (non-hydrogen) atoms. The summed E-state index contributed by atoms with van der Waals surface area (Å²) in [5, 5.41) is 9.90. The molecule has 4 N–H and O–H groups in total. The van der Waals surface area contributed by atoms with Crippen LogP contribution in [0.25, 0.3) is 0 Å². The van der Waals surface area contributed by atoms with Gasteiger partial charge < -0.3 is 10.6 Å². The van der Waals surface area contributed by atoms with Gasteiger partial charge in [-0.05, 0) is 78.4 Å². The van der Waals surface area contributed by atoms with Gasteiger partial charge in [0.1, 0.15) is 0 Å². The van der Waals surface area contributed by atoms with Gasteiger partial charge in [0, 0.05) is 28.7 Å². The smallest absolute Gasteiger partial charge is 0.258 e. The van der Waals surface area contributed by atoms with Crippen LogP contribution >= 0.6 is 0 Å². The van der Waals surface area contributed by atoms with Crippen LogP contribution in [0.1, 0.15) is 67.7 Å². The van der Waals surface area contributed by atoms with Crippen molar-refractivity contribution in [3.05, 3.63) is 124 Å². The van der Waals surface area contributed by atoms with Crippen LogP contribution in [0.5, 0.6) is 0 Å². The lowest BCUT2D eigenvalue weighted by Gasteiger charge is -2.07. The van der Waals surface area contributed by atoms with E-state index < -0.39 is 35.4 Å². The van der Waals surface area contributed by atoms with E-state index >= 15 is 0 Å². The second-order valence-corrected chi connectivity index (χ2v) is 9.42. The first kappa shape index (κ1) is 26.0. The number of aliphatic imine (C=N–C) groups is 1. The van der Waals surface area contributed by atoms with Crippen molar-refractivity contribution in [2.24, 2.45) is 4.99 Å². The van der Waals surface area contributed by atoms with Crippen molar-refractivity contribution in [3.8, 4) is 0 Å². The molecule has 2 heterocycles. The Kier molecular flexibility index (Phi) is 6.44. The van der Waals surface area contributed by atoms with Gasteiger partial charge in [-0.2, -0.15) is 0 Å². The van der Waals surface area contributed by atoms with E-state index in [-0.39, 0.29) is 33.4 Å². The Balaban J connectivity index is 1.05. The Hall–Kier alpha value is -6.23. The molecule has 0 spiro atoms. The Bertz CT molecular complexity index is 1740. The number of nitrogens with zero attached hydrogens (tertiary/aromatic N) is 1. The lowest BCUT2D eigenvalue weighted by atomic mass is 10.1. The normalized spacial score (nSPS) is 13.4. The summed E-state index contributed by atoms with van der Waals surface area (Å²) in [5.41, 5.74) is 3.79. The van der Waals surface area contributed by atoms with Gasteiger partial charge >= 0.3 is 0 Å². The third kappa shape index (κ3) is 5.05. The highest BCUT2D eigenvalue weighted by molar-refractivity contribution is 6.23. The summed E-state index contributed by atoms with van der Waals surface area (Å²) in [7, 11) is 0. The van der Waals surface area contributed by atoms with Gasteiger partial charge in [0.15, 0.2) is 0 Å². The molecule has 2 aliphatic rings. The molecule has 0 fully saturated rings. The van der Waals surface area contributed by atoms with Gasteiger partial charge in [0.25, 0.3) is 35.4 Å². The molecular formula is C31H19N5O6. The fourth-order valence-electron chi connectivity index (χ4n) is 4.46. The SMILES string of the molecule is O=C(Nc1ccc(C=Nc2ccc(NC(=O)c3ccc4c(c3)C(=O)NC4=O)cc2)cc1)c1ccc2c(c1)C(=O)NC2=O. The highest BCUT2D eigenvalue weighted by atomic mass is 16.2. The van der Waals surface area contributed by atoms with E-state index in [9.17, 15) is 28.8 Å². The second-order valence-electron chi connectivity index (χ2n) is 9.42. The molecular weight excluding hydrogens is 538 g/mol. The molecule has 11 heteroatoms. The van der Waals surface area contributed by atoms with Gasteiger partial charge in [0.2, 0.25) is 0 Å². The molecule has 4 aromatic rings. The summed E-state index contributed by atoms with van der Waals surface area (Å²) >= 11 is 0. The topological polar surface area (TPSA) is 163 Å². The summed E-state index contributed by atoms with van der Waals surface area (Å²) in [4.78, 5) is 76.8. The summed E-state index contributed by atoms with van der Waals surface area (Å²) in [6.45, 7) is 0. The number of hydrogen-bond acceptors (Lipinski definition) is 7. The average Bonchev–Trinajstić information content (AvgIpc) is 3.45. The molecule has 204 valence electrons. The third-order valence-electron chi connectivity index (χ3n) is 6.65. The maximum Gasteiger partial charge on any atom is 0.258 e. The number of imide groups is 2. The minimum atomic E-state index is -0.530. The number of carbonyl (C=O) groups is 6. The largest absolute Gasteiger partial charge is 0.322 e. The van der Waals surface area contributed by atoms with E-state index in [0.29, 0.717) is 17.1 Å². The molecule has 0 saturated heterocycles. The fraction of sp³-hybridized carbons (Fsp3) is 0. The third-order valence-corrected chi connectivity index (χ3v) is 6.65. The lowest BCUT2D eigenvalue weighted by Crippen LogP contribution is -2.19. The van der Waals surface area contributed by atoms with Crippen molar-refractivity contribution in [1.29, 1.82) is 0 Å². The van der Waals surface area contributed by atoms with E-state index in [0.717, 1.165) is 5.56 Å². The molecule has 0 aromatic heterocycles. The maximum absolute atomic E-state index is 12.6. The predicted molar refractivity (Wildman–Crippen MR) is 153 cm³/mol. The standard InChI is InChI=1S/C31H19N5O6/c37-26(17-3-11-22-24(13-17)30(41)35-28(22)39)33-20-5-1-16(2-6-20)15-32-19-7-9-21(10-8-19)34-27(38)18-4-12-23-25(14-18)31(42)36-29(23)40/h1-15H,(H,33,37)(H,34,38)(H,35,39,41)(H,36,40,42). The predicted octanol–water partition coefficient (Wildman–Crippen LogP) is 3.71. The maximum atomic E-state index is 12.6. The monoisotopic (exact) mass is 557 g/mol. The van der Waals surface area contributed by atoms with Crippen LogP contribution in [0.2, 0.25) is 0 Å². The molecule has 0 aliphatic carbocycles. The van der Waals surface area contributed by atoms with Gasteiger partial charge in [-0.15, -0.1) is 0 Å². The quantitative estimate of drug-likeness (QED) is 0.209. The number of amides is 6. The summed E-state index contributed by atoms with van der Waals surface area (Å²) in [5.74, 6) is -2.87. The summed E-state index contributed by atoms with van der Waals surface area (Å²) < 4.78 is 0. The van der Waals surface area contributed by atoms with Crippen LogP contribution in [-0.4, -0.2) is 41.7 Å². The molecule has 11 nitrogen and oxygen atoms in total. The molecule has 0 atom stereocenters. The van der Waals surface area contributed by atoms with Crippen LogP contribution in [0.4, 0.5) is 17.1 Å². The zero-order valence-electron chi connectivity index (χ0n) is 21.6. The lowest BCUT2D eigenvalue weighted by molar-refractivity contribution is 0.0863. The van der Waals surface area contributed by atoms with E-state index in [1.54, 1.807) is 54.7 Å². The van der Waals surface area contributed by atoms with E-state index in [4.69, 9.17) is 0 Å². The number of anilines is 2. The molecule has 4 aromatic carbocycles. The Morgan fingerprint density at radius 1 is 0.548 bits per heavy atom. The summed E-state index contributed by atoms with van der Waals surface area (Å²) in [6.07, 6.45) is 1.65. The number of nitrogens with one attached hydrogen (secondary N) is 4. The highest BCUT2D eigenvalue weighted by Gasteiger charge is 2.28. The van der Waals surface area contributed by atoms with E-state index in [1.807, 2.05) is 0 Å². The van der Waals surface area contributed by atoms with Crippen LogP contribution in [0.15, 0.2) is 89.9 Å². The molecule has 2 aliphatic heterocycles. The Labute approximate surface area is 237 Å². The van der Waals surface area contributed by atoms with Crippen molar-refractivity contribution in [2.75, 3.05) is 10.6 Å². The first-order chi connectivity index (χ1) is 20.2. The number of benzene rings is 4. The number of fused-ring (bicyclic) bond motifs is 2. The highest BCUT2D eigenvalue weighted by Crippen LogP contribution is 2.21. The number of rotatable bonds is 6. The van der Waals surface area contributed by atoms with Crippen molar-refractivity contribution in [2.45, 2.75) is 0 Å². The second kappa shape index (κ2) is 10.4. The number of carbonyl (C=O) groups excluding carboxylic acids is 6. The molecule has 6 rings (SSSR count). The van der Waals surface area contributed by atoms with Crippen molar-refractivity contribution in [3.63, 3.8) is 0 Å². The van der Waals surface area contributed by atoms with Gasteiger partial charge in [-0.25, -0.2) is 0 Å².